The molecule has 0 saturated carbocycles. The number of aromatic carboxylic acids is 1. The molecule has 0 bridgehead atoms. The van der Waals surface area contributed by atoms with E-state index in [2.05, 4.69) is 9.71 Å². The van der Waals surface area contributed by atoms with E-state index in [0.717, 1.165) is 22.2 Å². The van der Waals surface area contributed by atoms with Gasteiger partial charge in [-0.05, 0) is 12.1 Å². The van der Waals surface area contributed by atoms with Crippen molar-refractivity contribution in [3.63, 3.8) is 0 Å². The molecule has 2 aromatic heterocycles. The van der Waals surface area contributed by atoms with Crippen molar-refractivity contribution in [1.29, 1.82) is 0 Å². The molecule has 0 aliphatic rings. The number of para-hydroxylation sites is 1. The Hall–Kier alpha value is -2.09. The molecule has 7 heteroatoms. The van der Waals surface area contributed by atoms with Gasteiger partial charge >= 0.3 is 5.97 Å². The molecule has 0 aliphatic carbocycles. The largest absolute Gasteiger partial charge is 0.587 e. The number of hydrogen-bond acceptors (Lipinski definition) is 5. The zero-order valence-corrected chi connectivity index (χ0v) is 12.3. The Labute approximate surface area is 127 Å². The van der Waals surface area contributed by atoms with Gasteiger partial charge in [0.05, 0.1) is 11.1 Å². The van der Waals surface area contributed by atoms with Crippen LogP contribution in [0.4, 0.5) is 5.69 Å². The Morgan fingerprint density at radius 3 is 2.90 bits per heavy atom. The van der Waals surface area contributed by atoms with E-state index in [0.29, 0.717) is 9.90 Å². The predicted molar refractivity (Wildman–Crippen MR) is 83.1 cm³/mol. The number of aromatic nitrogens is 1. The highest BCUT2D eigenvalue weighted by molar-refractivity contribution is 7.94. The van der Waals surface area contributed by atoms with Crippen LogP contribution < -0.4 is 4.72 Å². The van der Waals surface area contributed by atoms with Gasteiger partial charge in [-0.2, -0.15) is 0 Å². The molecule has 2 heterocycles. The number of rotatable bonds is 4. The van der Waals surface area contributed by atoms with Crippen molar-refractivity contribution in [1.82, 2.24) is 4.98 Å². The van der Waals surface area contributed by atoms with Gasteiger partial charge < -0.3 is 9.66 Å². The molecule has 0 fully saturated rings. The summed E-state index contributed by atoms with van der Waals surface area (Å²) in [6.07, 6.45) is 1.67. The molecule has 0 amide bonds. The molecule has 21 heavy (non-hydrogen) atoms. The van der Waals surface area contributed by atoms with Crippen molar-refractivity contribution in [2.75, 3.05) is 4.72 Å². The third kappa shape index (κ3) is 2.85. The summed E-state index contributed by atoms with van der Waals surface area (Å²) in [6.45, 7) is 0. The lowest BCUT2D eigenvalue weighted by atomic mass is 10.2. The zero-order chi connectivity index (χ0) is 14.8. The second-order valence-corrected chi connectivity index (χ2v) is 6.56. The first-order valence-electron chi connectivity index (χ1n) is 5.99. The summed E-state index contributed by atoms with van der Waals surface area (Å²) < 4.78 is 15.6. The van der Waals surface area contributed by atoms with Crippen LogP contribution in [0.15, 0.2) is 52.2 Å². The topological polar surface area (TPSA) is 85.3 Å². The number of pyridine rings is 1. The number of fused-ring (bicyclic) bond motifs is 1. The van der Waals surface area contributed by atoms with E-state index in [4.69, 9.17) is 5.11 Å². The maximum atomic E-state index is 12.3. The fourth-order valence-corrected chi connectivity index (χ4v) is 3.79. The van der Waals surface area contributed by atoms with Crippen molar-refractivity contribution in [3.05, 3.63) is 53.5 Å². The van der Waals surface area contributed by atoms with Crippen LogP contribution in [0.25, 0.3) is 10.9 Å². The number of benzene rings is 1. The first-order valence-corrected chi connectivity index (χ1v) is 8.02. The second-order valence-electron chi connectivity index (χ2n) is 4.21. The van der Waals surface area contributed by atoms with Crippen LogP contribution in [0.5, 0.6) is 0 Å². The molecule has 1 atom stereocenters. The number of hydrogen-bond donors (Lipinski definition) is 2. The first-order chi connectivity index (χ1) is 10.1. The quantitative estimate of drug-likeness (QED) is 0.722. The van der Waals surface area contributed by atoms with Crippen molar-refractivity contribution in [3.8, 4) is 0 Å². The standard InChI is InChI=1S/C14H10N2O3S2/c17-14(18)10-7-12(20-8-10)21(19)16-11-5-1-3-9-4-2-6-15-13(9)11/h1-8,16H,(H,17,18). The Morgan fingerprint density at radius 1 is 1.33 bits per heavy atom. The Morgan fingerprint density at radius 2 is 2.14 bits per heavy atom. The highest BCUT2D eigenvalue weighted by atomic mass is 32.2. The van der Waals surface area contributed by atoms with Crippen molar-refractivity contribution in [2.24, 2.45) is 0 Å². The van der Waals surface area contributed by atoms with E-state index in [1.165, 1.54) is 11.4 Å². The molecule has 1 aromatic carbocycles. The minimum absolute atomic E-state index is 0.140. The molecule has 0 saturated heterocycles. The normalized spacial score (nSPS) is 12.2. The van der Waals surface area contributed by atoms with Crippen LogP contribution in [-0.4, -0.2) is 20.6 Å². The Balaban J connectivity index is 1.89. The molecule has 0 aliphatic heterocycles. The maximum absolute atomic E-state index is 12.3. The molecule has 3 aromatic rings. The third-order valence-electron chi connectivity index (χ3n) is 2.84. The number of nitrogens with one attached hydrogen (secondary N) is 1. The summed E-state index contributed by atoms with van der Waals surface area (Å²) in [4.78, 5) is 15.1. The zero-order valence-electron chi connectivity index (χ0n) is 10.6. The van der Waals surface area contributed by atoms with Gasteiger partial charge in [0, 0.05) is 23.0 Å². The van der Waals surface area contributed by atoms with Gasteiger partial charge in [0.2, 0.25) is 4.21 Å². The lowest BCUT2D eigenvalue weighted by molar-refractivity contribution is 0.0697. The van der Waals surface area contributed by atoms with E-state index in [1.54, 1.807) is 12.3 Å². The lowest BCUT2D eigenvalue weighted by Gasteiger charge is -2.10. The summed E-state index contributed by atoms with van der Waals surface area (Å²) in [7, 11) is 0. The minimum atomic E-state index is -1.52. The molecule has 106 valence electrons. The van der Waals surface area contributed by atoms with Crippen molar-refractivity contribution < 1.29 is 14.5 Å². The van der Waals surface area contributed by atoms with Gasteiger partial charge in [-0.1, -0.05) is 29.5 Å². The molecule has 0 spiro atoms. The van der Waals surface area contributed by atoms with Crippen LogP contribution >= 0.6 is 11.3 Å². The molecule has 1 unspecified atom stereocenters. The van der Waals surface area contributed by atoms with Gasteiger partial charge in [0.1, 0.15) is 17.0 Å². The number of thiophene rings is 1. The highest BCUT2D eigenvalue weighted by Gasteiger charge is 2.18. The summed E-state index contributed by atoms with van der Waals surface area (Å²) in [5, 5.41) is 11.3. The monoisotopic (exact) mass is 318 g/mol. The van der Waals surface area contributed by atoms with E-state index in [1.807, 2.05) is 24.3 Å². The molecular formula is C14H10N2O3S2. The fourth-order valence-electron chi connectivity index (χ4n) is 1.86. The summed E-state index contributed by atoms with van der Waals surface area (Å²) in [6, 6.07) is 10.7. The summed E-state index contributed by atoms with van der Waals surface area (Å²) in [5.41, 5.74) is 1.52. The molecule has 5 nitrogen and oxygen atoms in total. The van der Waals surface area contributed by atoms with Crippen LogP contribution in [0.2, 0.25) is 0 Å². The smallest absolute Gasteiger partial charge is 0.336 e. The van der Waals surface area contributed by atoms with E-state index in [-0.39, 0.29) is 5.56 Å². The maximum Gasteiger partial charge on any atom is 0.336 e. The van der Waals surface area contributed by atoms with Gasteiger partial charge in [-0.25, -0.2) is 9.52 Å². The minimum Gasteiger partial charge on any atom is -0.587 e. The summed E-state index contributed by atoms with van der Waals surface area (Å²) in [5.74, 6) is -1.03. The van der Waals surface area contributed by atoms with Crippen LogP contribution in [0.3, 0.4) is 0 Å². The van der Waals surface area contributed by atoms with E-state index >= 15 is 0 Å². The van der Waals surface area contributed by atoms with E-state index < -0.39 is 17.3 Å². The average Bonchev–Trinajstić information content (AvgIpc) is 2.98. The van der Waals surface area contributed by atoms with Crippen LogP contribution in [-0.2, 0) is 11.4 Å². The van der Waals surface area contributed by atoms with Gasteiger partial charge in [-0.15, -0.1) is 0 Å². The van der Waals surface area contributed by atoms with Crippen LogP contribution in [0.1, 0.15) is 10.4 Å². The van der Waals surface area contributed by atoms with E-state index in [9.17, 15) is 9.35 Å². The third-order valence-corrected chi connectivity index (χ3v) is 5.19. The first kappa shape index (κ1) is 13.9. The molecule has 3 rings (SSSR count). The van der Waals surface area contributed by atoms with Crippen molar-refractivity contribution in [2.45, 2.75) is 4.21 Å². The molecule has 2 N–H and O–H groups in total. The van der Waals surface area contributed by atoms with Gasteiger partial charge in [0.15, 0.2) is 0 Å². The molecule has 0 radical (unpaired) electrons. The Kier molecular flexibility index (Phi) is 3.78. The van der Waals surface area contributed by atoms with Gasteiger partial charge in [0.25, 0.3) is 0 Å². The number of carbonyl (C=O) groups is 1. The average molecular weight is 318 g/mol. The predicted octanol–water partition coefficient (Wildman–Crippen LogP) is 3.13. The number of anilines is 1. The Bertz CT molecular complexity index is 798. The number of carboxylic acids is 1. The number of nitrogens with zero attached hydrogens (tertiary/aromatic N) is 1. The number of carboxylic acid groups (broad SMARTS) is 1. The lowest BCUT2D eigenvalue weighted by Crippen LogP contribution is -2.12. The second kappa shape index (κ2) is 5.72. The highest BCUT2D eigenvalue weighted by Crippen LogP contribution is 2.26. The van der Waals surface area contributed by atoms with Gasteiger partial charge in [-0.3, -0.25) is 4.98 Å². The SMILES string of the molecule is O=C(O)c1csc([S+]([O-])Nc2cccc3cccnc23)c1. The van der Waals surface area contributed by atoms with Crippen LogP contribution in [0, 0.1) is 0 Å². The van der Waals surface area contributed by atoms with Crippen molar-refractivity contribution >= 4 is 45.3 Å². The fraction of sp³-hybridized carbons (Fsp3) is 0. The molecular weight excluding hydrogens is 308 g/mol. The summed E-state index contributed by atoms with van der Waals surface area (Å²) >= 11 is -0.374.